The first-order chi connectivity index (χ1) is 9.88. The smallest absolute Gasteiger partial charge is 0.333 e. The maximum atomic E-state index is 10.8. The minimum atomic E-state index is -0.337. The highest BCUT2D eigenvalue weighted by molar-refractivity contribution is 5.91. The van der Waals surface area contributed by atoms with Crippen LogP contribution in [0.2, 0.25) is 0 Å². The number of carbonyl (C=O) groups is 2. The molecule has 0 bridgehead atoms. The largest absolute Gasteiger partial charge is 0.459 e. The Kier molecular flexibility index (Phi) is 10.2. The molecule has 120 valence electrons. The number of hydrogen-bond donors (Lipinski definition) is 1. The lowest BCUT2D eigenvalue weighted by Gasteiger charge is -2.03. The van der Waals surface area contributed by atoms with Gasteiger partial charge in [-0.25, -0.2) is 10.3 Å². The Morgan fingerprint density at radius 3 is 2.33 bits per heavy atom. The van der Waals surface area contributed by atoms with Crippen LogP contribution >= 0.6 is 0 Å². The minimum absolute atomic E-state index is 0.142. The van der Waals surface area contributed by atoms with Gasteiger partial charge in [-0.3, -0.25) is 9.63 Å². The van der Waals surface area contributed by atoms with E-state index >= 15 is 0 Å². The second-order valence-electron chi connectivity index (χ2n) is 4.75. The average Bonchev–Trinajstić information content (AvgIpc) is 3.25. The van der Waals surface area contributed by atoms with Crippen molar-refractivity contribution in [1.82, 2.24) is 5.48 Å². The first kappa shape index (κ1) is 19.3. The van der Waals surface area contributed by atoms with Crippen LogP contribution in [0.15, 0.2) is 24.3 Å². The Hall–Kier alpha value is -1.66. The standard InChI is InChI=1S/C8H15NO2.C7H10O3/c1-4-5-6-11-9-8(10)7(2)3;1-5(2)7(8)10-4-6-3-9-6/h2,4-6H2,1,3H3,(H,9,10);6H,1,3-4H2,2H3. The maximum absolute atomic E-state index is 10.8. The van der Waals surface area contributed by atoms with E-state index in [1.54, 1.807) is 13.8 Å². The average molecular weight is 299 g/mol. The lowest BCUT2D eigenvalue weighted by molar-refractivity contribution is -0.139. The molecular formula is C15H25NO5. The molecule has 1 aliphatic rings. The molecule has 6 nitrogen and oxygen atoms in total. The van der Waals surface area contributed by atoms with Crippen molar-refractivity contribution in [3.63, 3.8) is 0 Å². The van der Waals surface area contributed by atoms with Crippen LogP contribution in [0.1, 0.15) is 33.6 Å². The van der Waals surface area contributed by atoms with Crippen LogP contribution in [-0.4, -0.2) is 37.8 Å². The fourth-order valence-electron chi connectivity index (χ4n) is 0.876. The molecule has 1 heterocycles. The van der Waals surface area contributed by atoms with E-state index in [2.05, 4.69) is 25.6 Å². The van der Waals surface area contributed by atoms with Crippen LogP contribution in [0.25, 0.3) is 0 Å². The molecule has 1 aliphatic heterocycles. The van der Waals surface area contributed by atoms with Gasteiger partial charge in [0.15, 0.2) is 0 Å². The number of nitrogens with one attached hydrogen (secondary N) is 1. The van der Waals surface area contributed by atoms with Gasteiger partial charge in [0.05, 0.1) is 13.2 Å². The van der Waals surface area contributed by atoms with Crippen LogP contribution in [-0.2, 0) is 23.9 Å². The summed E-state index contributed by atoms with van der Waals surface area (Å²) in [6.45, 7) is 13.9. The molecule has 0 saturated carbocycles. The van der Waals surface area contributed by atoms with E-state index in [-0.39, 0.29) is 18.0 Å². The lowest BCUT2D eigenvalue weighted by Crippen LogP contribution is -2.24. The van der Waals surface area contributed by atoms with Crippen molar-refractivity contribution in [2.75, 3.05) is 19.8 Å². The van der Waals surface area contributed by atoms with Gasteiger partial charge in [0.1, 0.15) is 12.7 Å². The molecule has 1 atom stereocenters. The Bertz CT molecular complexity index is 374. The topological polar surface area (TPSA) is 77.2 Å². The van der Waals surface area contributed by atoms with Crippen molar-refractivity contribution in [1.29, 1.82) is 0 Å². The van der Waals surface area contributed by atoms with E-state index in [0.717, 1.165) is 12.8 Å². The van der Waals surface area contributed by atoms with Crippen LogP contribution in [0.5, 0.6) is 0 Å². The van der Waals surface area contributed by atoms with E-state index in [9.17, 15) is 9.59 Å². The van der Waals surface area contributed by atoms with Gasteiger partial charge < -0.3 is 9.47 Å². The quantitative estimate of drug-likeness (QED) is 0.243. The lowest BCUT2D eigenvalue weighted by atomic mass is 10.3. The highest BCUT2D eigenvalue weighted by Gasteiger charge is 2.24. The van der Waals surface area contributed by atoms with Crippen molar-refractivity contribution in [3.05, 3.63) is 24.3 Å². The number of carbonyl (C=O) groups excluding carboxylic acids is 2. The molecule has 1 N–H and O–H groups in total. The third-order valence-corrected chi connectivity index (χ3v) is 2.30. The summed E-state index contributed by atoms with van der Waals surface area (Å²) in [5, 5.41) is 0. The van der Waals surface area contributed by atoms with Crippen molar-refractivity contribution in [2.45, 2.75) is 39.7 Å². The summed E-state index contributed by atoms with van der Waals surface area (Å²) in [6.07, 6.45) is 2.16. The predicted octanol–water partition coefficient (Wildman–Crippen LogP) is 1.91. The molecule has 0 aromatic heterocycles. The first-order valence-corrected chi connectivity index (χ1v) is 6.90. The van der Waals surface area contributed by atoms with Gasteiger partial charge >= 0.3 is 5.97 Å². The van der Waals surface area contributed by atoms with E-state index in [1.807, 2.05) is 0 Å². The van der Waals surface area contributed by atoms with Crippen LogP contribution in [0.3, 0.4) is 0 Å². The molecule has 1 amide bonds. The fourth-order valence-corrected chi connectivity index (χ4v) is 0.876. The molecule has 0 aliphatic carbocycles. The molecule has 1 unspecified atom stereocenters. The monoisotopic (exact) mass is 299 g/mol. The van der Waals surface area contributed by atoms with Crippen molar-refractivity contribution < 1.29 is 23.9 Å². The zero-order valence-corrected chi connectivity index (χ0v) is 13.1. The molecule has 21 heavy (non-hydrogen) atoms. The highest BCUT2D eigenvalue weighted by Crippen LogP contribution is 2.09. The summed E-state index contributed by atoms with van der Waals surface area (Å²) in [5.41, 5.74) is 3.17. The summed E-state index contributed by atoms with van der Waals surface area (Å²) in [6, 6.07) is 0. The van der Waals surface area contributed by atoms with Gasteiger partial charge in [-0.1, -0.05) is 26.5 Å². The summed E-state index contributed by atoms with van der Waals surface area (Å²) in [5.74, 6) is -0.586. The molecule has 0 radical (unpaired) electrons. The number of epoxide rings is 1. The number of hydroxylamine groups is 1. The Balaban J connectivity index is 0.000000382. The number of hydrogen-bond acceptors (Lipinski definition) is 5. The van der Waals surface area contributed by atoms with E-state index in [4.69, 9.17) is 14.3 Å². The minimum Gasteiger partial charge on any atom is -0.459 e. The number of rotatable bonds is 8. The SMILES string of the molecule is C=C(C)C(=O)NOCCCC.C=C(C)C(=O)OCC1CO1. The summed E-state index contributed by atoms with van der Waals surface area (Å²) in [7, 11) is 0. The van der Waals surface area contributed by atoms with Gasteiger partial charge in [0, 0.05) is 11.1 Å². The normalized spacial score (nSPS) is 15.3. The zero-order chi connectivity index (χ0) is 16.3. The number of ether oxygens (including phenoxy) is 2. The molecule has 1 fully saturated rings. The van der Waals surface area contributed by atoms with Gasteiger partial charge in [0.25, 0.3) is 5.91 Å². The van der Waals surface area contributed by atoms with Crippen molar-refractivity contribution in [3.8, 4) is 0 Å². The summed E-state index contributed by atoms with van der Waals surface area (Å²) >= 11 is 0. The molecule has 0 spiro atoms. The molecular weight excluding hydrogens is 274 g/mol. The van der Waals surface area contributed by atoms with Crippen LogP contribution < -0.4 is 5.48 Å². The van der Waals surface area contributed by atoms with Gasteiger partial charge in [0.2, 0.25) is 0 Å². The predicted molar refractivity (Wildman–Crippen MR) is 79.3 cm³/mol. The number of esters is 1. The van der Waals surface area contributed by atoms with E-state index in [1.165, 1.54) is 0 Å². The van der Waals surface area contributed by atoms with Crippen LogP contribution in [0.4, 0.5) is 0 Å². The van der Waals surface area contributed by atoms with Crippen molar-refractivity contribution >= 4 is 11.9 Å². The van der Waals surface area contributed by atoms with Gasteiger partial charge in [-0.15, -0.1) is 0 Å². The Morgan fingerprint density at radius 1 is 1.29 bits per heavy atom. The number of unbranched alkanes of at least 4 members (excludes halogenated alkanes) is 1. The second-order valence-corrected chi connectivity index (χ2v) is 4.75. The molecule has 0 aromatic carbocycles. The van der Waals surface area contributed by atoms with E-state index < -0.39 is 0 Å². The second kappa shape index (κ2) is 11.0. The summed E-state index contributed by atoms with van der Waals surface area (Å²) in [4.78, 5) is 26.3. The Labute approximate surface area is 126 Å². The van der Waals surface area contributed by atoms with E-state index in [0.29, 0.717) is 31.0 Å². The van der Waals surface area contributed by atoms with Crippen molar-refractivity contribution in [2.24, 2.45) is 0 Å². The van der Waals surface area contributed by atoms with Crippen LogP contribution in [0, 0.1) is 0 Å². The zero-order valence-electron chi connectivity index (χ0n) is 13.1. The summed E-state index contributed by atoms with van der Waals surface area (Å²) < 4.78 is 9.60. The maximum Gasteiger partial charge on any atom is 0.333 e. The molecule has 1 rings (SSSR count). The van der Waals surface area contributed by atoms with Gasteiger partial charge in [-0.2, -0.15) is 0 Å². The van der Waals surface area contributed by atoms with Gasteiger partial charge in [-0.05, 0) is 20.3 Å². The Morgan fingerprint density at radius 2 is 1.90 bits per heavy atom. The fraction of sp³-hybridized carbons (Fsp3) is 0.600. The highest BCUT2D eigenvalue weighted by atomic mass is 16.6. The molecule has 6 heteroatoms. The first-order valence-electron chi connectivity index (χ1n) is 6.90. The third-order valence-electron chi connectivity index (χ3n) is 2.30. The number of amides is 1. The third kappa shape index (κ3) is 11.8. The molecule has 0 aromatic rings. The molecule has 1 saturated heterocycles.